The van der Waals surface area contributed by atoms with E-state index in [0.717, 1.165) is 13.0 Å². The zero-order valence-corrected chi connectivity index (χ0v) is 13.2. The lowest BCUT2D eigenvalue weighted by Crippen LogP contribution is -2.41. The Bertz CT molecular complexity index is 540. The molecular weight excluding hydrogens is 296 g/mol. The molecule has 0 spiro atoms. The zero-order valence-electron chi connectivity index (χ0n) is 11.5. The molecule has 7 heteroatoms. The molecule has 1 aromatic heterocycles. The van der Waals surface area contributed by atoms with Gasteiger partial charge in [0.05, 0.1) is 18.1 Å². The Morgan fingerprint density at radius 3 is 2.95 bits per heavy atom. The Kier molecular flexibility index (Phi) is 5.17. The van der Waals surface area contributed by atoms with Gasteiger partial charge in [-0.3, -0.25) is 9.69 Å². The summed E-state index contributed by atoms with van der Waals surface area (Å²) in [5.41, 5.74) is 0. The highest BCUT2D eigenvalue weighted by Crippen LogP contribution is 2.11. The first-order valence-corrected chi connectivity index (χ1v) is 9.35. The summed E-state index contributed by atoms with van der Waals surface area (Å²) in [4.78, 5) is 15.1. The number of hydrogen-bond donors (Lipinski definition) is 1. The molecule has 1 fully saturated rings. The van der Waals surface area contributed by atoms with Crippen LogP contribution in [0.1, 0.15) is 11.3 Å². The van der Waals surface area contributed by atoms with Gasteiger partial charge in [-0.2, -0.15) is 0 Å². The number of nitrogens with one attached hydrogen (secondary N) is 1. The van der Waals surface area contributed by atoms with E-state index in [1.54, 1.807) is 11.3 Å². The molecule has 0 bridgehead atoms. The first kappa shape index (κ1) is 15.5. The molecule has 1 amide bonds. The van der Waals surface area contributed by atoms with Crippen molar-refractivity contribution < 1.29 is 13.2 Å². The van der Waals surface area contributed by atoms with Crippen LogP contribution >= 0.6 is 11.3 Å². The van der Waals surface area contributed by atoms with Crippen LogP contribution in [-0.4, -0.2) is 56.9 Å². The molecule has 112 valence electrons. The Balaban J connectivity index is 1.69. The number of nitrogens with zero attached hydrogens (tertiary/aromatic N) is 1. The molecular formula is C13H20N2O3S2. The summed E-state index contributed by atoms with van der Waals surface area (Å²) in [5, 5.41) is 4.85. The highest BCUT2D eigenvalue weighted by atomic mass is 32.2. The van der Waals surface area contributed by atoms with E-state index in [1.807, 2.05) is 23.4 Å². The molecule has 1 unspecified atom stereocenters. The number of sulfone groups is 1. The van der Waals surface area contributed by atoms with E-state index in [4.69, 9.17) is 0 Å². The van der Waals surface area contributed by atoms with Gasteiger partial charge in [0.25, 0.3) is 0 Å². The third-order valence-electron chi connectivity index (χ3n) is 3.33. The molecule has 1 saturated heterocycles. The number of likely N-dealkylation sites (N-methyl/N-ethyl adjacent to an activating group) is 1. The molecule has 0 aromatic carbocycles. The monoisotopic (exact) mass is 316 g/mol. The van der Waals surface area contributed by atoms with Crippen LogP contribution < -0.4 is 5.32 Å². The summed E-state index contributed by atoms with van der Waals surface area (Å²) >= 11 is 1.72. The van der Waals surface area contributed by atoms with Crippen molar-refractivity contribution >= 4 is 27.1 Å². The molecule has 1 atom stereocenters. The topological polar surface area (TPSA) is 66.5 Å². The highest BCUT2D eigenvalue weighted by molar-refractivity contribution is 7.91. The number of thiophene rings is 1. The maximum atomic E-state index is 11.8. The molecule has 2 heterocycles. The van der Waals surface area contributed by atoms with Crippen LogP contribution in [0, 0.1) is 0 Å². The van der Waals surface area contributed by atoms with Crippen LogP contribution in [0.3, 0.4) is 0 Å². The van der Waals surface area contributed by atoms with Crippen molar-refractivity contribution in [2.75, 3.05) is 31.6 Å². The summed E-state index contributed by atoms with van der Waals surface area (Å²) in [6.45, 7) is 1.12. The van der Waals surface area contributed by atoms with Crippen LogP contribution in [0.15, 0.2) is 17.5 Å². The Labute approximate surface area is 123 Å². The molecule has 0 aliphatic carbocycles. The van der Waals surface area contributed by atoms with Gasteiger partial charge >= 0.3 is 0 Å². The number of hydrogen-bond acceptors (Lipinski definition) is 5. The van der Waals surface area contributed by atoms with Crippen molar-refractivity contribution in [2.45, 2.75) is 18.9 Å². The second-order valence-corrected chi connectivity index (χ2v) is 8.50. The van der Waals surface area contributed by atoms with E-state index in [-0.39, 0.29) is 23.5 Å². The Morgan fingerprint density at radius 2 is 2.35 bits per heavy atom. The van der Waals surface area contributed by atoms with Crippen molar-refractivity contribution in [1.82, 2.24) is 10.2 Å². The lowest BCUT2D eigenvalue weighted by molar-refractivity contribution is -0.122. The predicted molar refractivity (Wildman–Crippen MR) is 80.7 cm³/mol. The molecule has 0 radical (unpaired) electrons. The van der Waals surface area contributed by atoms with E-state index in [0.29, 0.717) is 13.0 Å². The molecule has 5 nitrogen and oxygen atoms in total. The van der Waals surface area contributed by atoms with E-state index < -0.39 is 9.84 Å². The Hall–Kier alpha value is -0.920. The minimum absolute atomic E-state index is 0.0810. The minimum atomic E-state index is -2.94. The van der Waals surface area contributed by atoms with E-state index >= 15 is 0 Å². The fraction of sp³-hybridized carbons (Fsp3) is 0.615. The summed E-state index contributed by atoms with van der Waals surface area (Å²) in [5.74, 6) is 0.171. The van der Waals surface area contributed by atoms with Gasteiger partial charge in [0.1, 0.15) is 0 Å². The fourth-order valence-electron chi connectivity index (χ4n) is 2.26. The van der Waals surface area contributed by atoms with Crippen LogP contribution in [0.4, 0.5) is 0 Å². The van der Waals surface area contributed by atoms with Gasteiger partial charge in [0.15, 0.2) is 9.84 Å². The van der Waals surface area contributed by atoms with Crippen LogP contribution in [0.25, 0.3) is 0 Å². The van der Waals surface area contributed by atoms with Gasteiger partial charge < -0.3 is 5.32 Å². The van der Waals surface area contributed by atoms with Crippen LogP contribution in [0.5, 0.6) is 0 Å². The summed E-state index contributed by atoms with van der Waals surface area (Å²) in [6, 6.07) is 3.90. The summed E-state index contributed by atoms with van der Waals surface area (Å²) in [7, 11) is -1.03. The van der Waals surface area contributed by atoms with Crippen molar-refractivity contribution in [3.63, 3.8) is 0 Å². The average Bonchev–Trinajstić information content (AvgIpc) is 2.96. The number of amides is 1. The number of carbonyl (C=O) groups is 1. The molecule has 2 rings (SSSR count). The summed E-state index contributed by atoms with van der Waals surface area (Å²) in [6.07, 6.45) is 1.46. The standard InChI is InChI=1S/C13H20N2O3S2/c1-15(6-4-12-3-2-7-19-12)9-13(16)14-11-5-8-20(17,18)10-11/h2-3,7,11H,4-6,8-10H2,1H3,(H,14,16). The third-order valence-corrected chi connectivity index (χ3v) is 6.04. The lowest BCUT2D eigenvalue weighted by Gasteiger charge is -2.17. The van der Waals surface area contributed by atoms with Gasteiger partial charge in [0, 0.05) is 17.5 Å². The van der Waals surface area contributed by atoms with E-state index in [2.05, 4.69) is 11.4 Å². The molecule has 1 aliphatic heterocycles. The third kappa shape index (κ3) is 4.88. The van der Waals surface area contributed by atoms with Gasteiger partial charge in [-0.25, -0.2) is 8.42 Å². The predicted octanol–water partition coefficient (Wildman–Crippen LogP) is 0.526. The fourth-order valence-corrected chi connectivity index (χ4v) is 4.63. The summed E-state index contributed by atoms with van der Waals surface area (Å²) < 4.78 is 22.6. The maximum Gasteiger partial charge on any atom is 0.234 e. The van der Waals surface area contributed by atoms with Gasteiger partial charge in [-0.05, 0) is 31.3 Å². The average molecular weight is 316 g/mol. The minimum Gasteiger partial charge on any atom is -0.351 e. The van der Waals surface area contributed by atoms with Gasteiger partial charge in [0.2, 0.25) is 5.91 Å². The quantitative estimate of drug-likeness (QED) is 0.831. The SMILES string of the molecule is CN(CCc1cccs1)CC(=O)NC1CCS(=O)(=O)C1. The normalized spacial score (nSPS) is 21.2. The molecule has 1 aliphatic rings. The van der Waals surface area contributed by atoms with E-state index in [1.165, 1.54) is 4.88 Å². The Morgan fingerprint density at radius 1 is 1.55 bits per heavy atom. The lowest BCUT2D eigenvalue weighted by atomic mass is 10.2. The molecule has 1 N–H and O–H groups in total. The van der Waals surface area contributed by atoms with Gasteiger partial charge in [-0.15, -0.1) is 11.3 Å². The molecule has 20 heavy (non-hydrogen) atoms. The van der Waals surface area contributed by atoms with Crippen LogP contribution in [-0.2, 0) is 21.1 Å². The number of rotatable bonds is 6. The van der Waals surface area contributed by atoms with Crippen molar-refractivity contribution in [3.05, 3.63) is 22.4 Å². The second kappa shape index (κ2) is 6.69. The van der Waals surface area contributed by atoms with Crippen LogP contribution in [0.2, 0.25) is 0 Å². The number of carbonyl (C=O) groups excluding carboxylic acids is 1. The smallest absolute Gasteiger partial charge is 0.234 e. The van der Waals surface area contributed by atoms with Gasteiger partial charge in [-0.1, -0.05) is 6.07 Å². The van der Waals surface area contributed by atoms with Crippen molar-refractivity contribution in [1.29, 1.82) is 0 Å². The zero-order chi connectivity index (χ0) is 14.6. The molecule has 1 aromatic rings. The first-order chi connectivity index (χ1) is 9.44. The van der Waals surface area contributed by atoms with Crippen molar-refractivity contribution in [2.24, 2.45) is 0 Å². The first-order valence-electron chi connectivity index (χ1n) is 6.65. The largest absolute Gasteiger partial charge is 0.351 e. The maximum absolute atomic E-state index is 11.8. The van der Waals surface area contributed by atoms with E-state index in [9.17, 15) is 13.2 Å². The molecule has 0 saturated carbocycles. The van der Waals surface area contributed by atoms with Crippen molar-refractivity contribution in [3.8, 4) is 0 Å². The second-order valence-electron chi connectivity index (χ2n) is 5.23. The highest BCUT2D eigenvalue weighted by Gasteiger charge is 2.28.